The van der Waals surface area contributed by atoms with Gasteiger partial charge in [-0.1, -0.05) is 0 Å². The van der Waals surface area contributed by atoms with E-state index in [4.69, 9.17) is 0 Å². The minimum Gasteiger partial charge on any atom is -0.359 e. The van der Waals surface area contributed by atoms with E-state index >= 15 is 0 Å². The van der Waals surface area contributed by atoms with Crippen molar-refractivity contribution in [3.8, 4) is 0 Å². The molecule has 0 aliphatic rings. The molecule has 0 atom stereocenters. The van der Waals surface area contributed by atoms with Crippen LogP contribution in [0.2, 0.25) is 0 Å². The van der Waals surface area contributed by atoms with Crippen molar-refractivity contribution in [2.24, 2.45) is 0 Å². The van der Waals surface area contributed by atoms with Crippen molar-refractivity contribution < 1.29 is 4.79 Å². The van der Waals surface area contributed by atoms with Crippen molar-refractivity contribution in [3.05, 3.63) is 47.9 Å². The van der Waals surface area contributed by atoms with Gasteiger partial charge in [-0.3, -0.25) is 9.89 Å². The number of hydrogen-bond acceptors (Lipinski definition) is 2. The summed E-state index contributed by atoms with van der Waals surface area (Å²) in [6.07, 6.45) is 1.93. The molecule has 3 aromatic rings. The van der Waals surface area contributed by atoms with Crippen LogP contribution in [0.4, 0.5) is 5.69 Å². The van der Waals surface area contributed by atoms with E-state index in [1.165, 1.54) is 0 Å². The van der Waals surface area contributed by atoms with Gasteiger partial charge in [-0.2, -0.15) is 5.10 Å². The van der Waals surface area contributed by atoms with E-state index in [0.717, 1.165) is 28.0 Å². The molecule has 0 aliphatic carbocycles. The lowest BCUT2D eigenvalue weighted by Crippen LogP contribution is -2.14. The highest BCUT2D eigenvalue weighted by atomic mass is 16.1. The third-order valence-electron chi connectivity index (χ3n) is 2.95. The summed E-state index contributed by atoms with van der Waals surface area (Å²) >= 11 is 0. The summed E-state index contributed by atoms with van der Waals surface area (Å²) < 4.78 is 0. The van der Waals surface area contributed by atoms with Crippen LogP contribution in [0.25, 0.3) is 10.9 Å². The third-order valence-corrected chi connectivity index (χ3v) is 2.95. The highest BCUT2D eigenvalue weighted by Gasteiger charge is 2.06. The lowest BCUT2D eigenvalue weighted by atomic mass is 10.2. The van der Waals surface area contributed by atoms with Crippen LogP contribution in [0.15, 0.2) is 36.5 Å². The molecule has 3 rings (SSSR count). The van der Waals surface area contributed by atoms with Crippen molar-refractivity contribution in [2.75, 3.05) is 5.32 Å². The standard InChI is InChI=1S/C14H14N4O/c1-9-6-10-7-11(2-3-13(10)16-9)17-14(19)8-12-4-5-15-18-12/h2-7,16H,8H2,1H3,(H,15,18)(H,17,19). The molecular weight excluding hydrogens is 240 g/mol. The minimum atomic E-state index is -0.0594. The zero-order valence-corrected chi connectivity index (χ0v) is 10.5. The number of carbonyl (C=O) groups excluding carboxylic acids is 1. The van der Waals surface area contributed by atoms with Crippen molar-refractivity contribution in [2.45, 2.75) is 13.3 Å². The molecule has 2 heterocycles. The molecule has 5 heteroatoms. The average Bonchev–Trinajstić information content (AvgIpc) is 2.96. The van der Waals surface area contributed by atoms with Gasteiger partial charge < -0.3 is 10.3 Å². The first kappa shape index (κ1) is 11.5. The zero-order chi connectivity index (χ0) is 13.2. The van der Waals surface area contributed by atoms with E-state index in [1.807, 2.05) is 25.1 Å². The van der Waals surface area contributed by atoms with Crippen LogP contribution in [0, 0.1) is 6.92 Å². The number of benzene rings is 1. The van der Waals surface area contributed by atoms with E-state index in [9.17, 15) is 4.79 Å². The molecule has 0 radical (unpaired) electrons. The quantitative estimate of drug-likeness (QED) is 0.671. The molecule has 0 unspecified atom stereocenters. The number of hydrogen-bond donors (Lipinski definition) is 3. The Morgan fingerprint density at radius 2 is 2.21 bits per heavy atom. The number of rotatable bonds is 3. The maximum Gasteiger partial charge on any atom is 0.230 e. The Morgan fingerprint density at radius 3 is 3.00 bits per heavy atom. The van der Waals surface area contributed by atoms with E-state index in [2.05, 4.69) is 26.6 Å². The third kappa shape index (κ3) is 2.49. The molecule has 0 aliphatic heterocycles. The first-order valence-electron chi connectivity index (χ1n) is 6.08. The van der Waals surface area contributed by atoms with Gasteiger partial charge in [0, 0.05) is 34.2 Å². The van der Waals surface area contributed by atoms with E-state index in [-0.39, 0.29) is 5.91 Å². The smallest absolute Gasteiger partial charge is 0.230 e. The summed E-state index contributed by atoms with van der Waals surface area (Å²) in [5, 5.41) is 10.6. The first-order chi connectivity index (χ1) is 9.20. The predicted molar refractivity (Wildman–Crippen MR) is 74.0 cm³/mol. The van der Waals surface area contributed by atoms with Gasteiger partial charge in [0.25, 0.3) is 0 Å². The highest BCUT2D eigenvalue weighted by molar-refractivity contribution is 5.94. The molecule has 19 heavy (non-hydrogen) atoms. The maximum atomic E-state index is 11.9. The molecule has 96 valence electrons. The fourth-order valence-corrected chi connectivity index (χ4v) is 2.12. The van der Waals surface area contributed by atoms with Crippen molar-refractivity contribution in [3.63, 3.8) is 0 Å². The van der Waals surface area contributed by atoms with Gasteiger partial charge >= 0.3 is 0 Å². The summed E-state index contributed by atoms with van der Waals surface area (Å²) in [5.41, 5.74) is 3.78. The SMILES string of the molecule is Cc1cc2cc(NC(=O)Cc3ccn[nH]3)ccc2[nH]1. The molecule has 0 spiro atoms. The van der Waals surface area contributed by atoms with Gasteiger partial charge in [0.15, 0.2) is 0 Å². The summed E-state index contributed by atoms with van der Waals surface area (Å²) in [5.74, 6) is -0.0594. The van der Waals surface area contributed by atoms with Gasteiger partial charge in [0.1, 0.15) is 0 Å². The van der Waals surface area contributed by atoms with Crippen LogP contribution in [0.3, 0.4) is 0 Å². The van der Waals surface area contributed by atoms with Gasteiger partial charge in [0.2, 0.25) is 5.91 Å². The Labute approximate surface area is 110 Å². The Morgan fingerprint density at radius 1 is 1.32 bits per heavy atom. The molecule has 0 fully saturated rings. The molecule has 1 aromatic carbocycles. The second-order valence-electron chi connectivity index (χ2n) is 4.56. The Hall–Kier alpha value is -2.56. The number of nitrogens with zero attached hydrogens (tertiary/aromatic N) is 1. The Balaban J connectivity index is 1.75. The van der Waals surface area contributed by atoms with Crippen LogP contribution < -0.4 is 5.32 Å². The second-order valence-corrected chi connectivity index (χ2v) is 4.56. The average molecular weight is 254 g/mol. The van der Waals surface area contributed by atoms with Crippen LogP contribution in [0.5, 0.6) is 0 Å². The van der Waals surface area contributed by atoms with Gasteiger partial charge in [-0.05, 0) is 37.3 Å². The minimum absolute atomic E-state index is 0.0594. The Kier molecular flexibility index (Phi) is 2.79. The van der Waals surface area contributed by atoms with Crippen molar-refractivity contribution in [1.82, 2.24) is 15.2 Å². The van der Waals surface area contributed by atoms with E-state index in [1.54, 1.807) is 12.3 Å². The topological polar surface area (TPSA) is 73.6 Å². The number of carbonyl (C=O) groups is 1. The number of aromatic amines is 2. The molecule has 0 bridgehead atoms. The molecule has 5 nitrogen and oxygen atoms in total. The predicted octanol–water partition coefficient (Wildman–Crippen LogP) is 2.38. The highest BCUT2D eigenvalue weighted by Crippen LogP contribution is 2.19. The Bertz CT molecular complexity index is 712. The number of aryl methyl sites for hydroxylation is 1. The van der Waals surface area contributed by atoms with Crippen LogP contribution in [0.1, 0.15) is 11.4 Å². The lowest BCUT2D eigenvalue weighted by molar-refractivity contribution is -0.115. The van der Waals surface area contributed by atoms with Crippen LogP contribution >= 0.6 is 0 Å². The number of nitrogens with one attached hydrogen (secondary N) is 3. The monoisotopic (exact) mass is 254 g/mol. The molecular formula is C14H14N4O. The number of H-pyrrole nitrogens is 2. The van der Waals surface area contributed by atoms with Crippen molar-refractivity contribution >= 4 is 22.5 Å². The van der Waals surface area contributed by atoms with E-state index < -0.39 is 0 Å². The summed E-state index contributed by atoms with van der Waals surface area (Å²) in [6.45, 7) is 2.01. The number of aromatic nitrogens is 3. The summed E-state index contributed by atoms with van der Waals surface area (Å²) in [7, 11) is 0. The number of amides is 1. The van der Waals surface area contributed by atoms with Crippen molar-refractivity contribution in [1.29, 1.82) is 0 Å². The number of fused-ring (bicyclic) bond motifs is 1. The van der Waals surface area contributed by atoms with Gasteiger partial charge in [0.05, 0.1) is 6.42 Å². The largest absolute Gasteiger partial charge is 0.359 e. The first-order valence-corrected chi connectivity index (χ1v) is 6.08. The van der Waals surface area contributed by atoms with Gasteiger partial charge in [-0.15, -0.1) is 0 Å². The second kappa shape index (κ2) is 4.61. The lowest BCUT2D eigenvalue weighted by Gasteiger charge is -2.04. The van der Waals surface area contributed by atoms with Crippen LogP contribution in [-0.2, 0) is 11.2 Å². The summed E-state index contributed by atoms with van der Waals surface area (Å²) in [6, 6.07) is 9.67. The molecule has 0 saturated heterocycles. The van der Waals surface area contributed by atoms with Crippen LogP contribution in [-0.4, -0.2) is 21.1 Å². The molecule has 1 amide bonds. The zero-order valence-electron chi connectivity index (χ0n) is 10.5. The normalized spacial score (nSPS) is 10.8. The molecule has 2 aromatic heterocycles. The number of anilines is 1. The summed E-state index contributed by atoms with van der Waals surface area (Å²) in [4.78, 5) is 15.1. The fraction of sp³-hybridized carbons (Fsp3) is 0.143. The van der Waals surface area contributed by atoms with Gasteiger partial charge in [-0.25, -0.2) is 0 Å². The fourth-order valence-electron chi connectivity index (χ4n) is 2.12. The molecule has 3 N–H and O–H groups in total. The van der Waals surface area contributed by atoms with E-state index in [0.29, 0.717) is 6.42 Å². The maximum absolute atomic E-state index is 11.9. The molecule has 0 saturated carbocycles.